The number of aromatic nitrogens is 2. The van der Waals surface area contributed by atoms with E-state index in [1.165, 1.54) is 5.56 Å². The molecule has 0 fully saturated rings. The van der Waals surface area contributed by atoms with Crippen LogP contribution in [-0.2, 0) is 6.42 Å². The summed E-state index contributed by atoms with van der Waals surface area (Å²) in [4.78, 5) is 0. The lowest BCUT2D eigenvalue weighted by Gasteiger charge is -2.02. The van der Waals surface area contributed by atoms with E-state index in [0.717, 1.165) is 28.9 Å². The summed E-state index contributed by atoms with van der Waals surface area (Å²) in [7, 11) is 0. The van der Waals surface area contributed by atoms with E-state index < -0.39 is 0 Å². The van der Waals surface area contributed by atoms with Crippen LogP contribution in [0.25, 0.3) is 28.7 Å². The first kappa shape index (κ1) is 16.1. The summed E-state index contributed by atoms with van der Waals surface area (Å²) in [5, 5.41) is 4.82. The molecular weight excluding hydrogens is 316 g/mol. The summed E-state index contributed by atoms with van der Waals surface area (Å²) in [6.45, 7) is 0. The molecule has 1 heterocycles. The quantitative estimate of drug-likeness (QED) is 0.441. The van der Waals surface area contributed by atoms with Crippen molar-refractivity contribution < 1.29 is 0 Å². The van der Waals surface area contributed by atoms with Crippen LogP contribution in [-0.4, -0.2) is 9.78 Å². The number of hydrogen-bond donors (Lipinski definition) is 0. The van der Waals surface area contributed by atoms with Crippen LogP contribution in [0, 0.1) is 0 Å². The number of nitrogens with zero attached hydrogens (tertiary/aromatic N) is 2. The van der Waals surface area contributed by atoms with Gasteiger partial charge in [-0.05, 0) is 18.1 Å². The SMILES string of the molecule is C(=C/n1nc(-c2ccccc2)cc1-c1ccccc1)/Cc1ccccc1. The largest absolute Gasteiger partial charge is 0.240 e. The summed E-state index contributed by atoms with van der Waals surface area (Å²) in [5.74, 6) is 0. The molecule has 2 heteroatoms. The van der Waals surface area contributed by atoms with Crippen LogP contribution in [0.1, 0.15) is 5.56 Å². The minimum atomic E-state index is 0.885. The highest BCUT2D eigenvalue weighted by molar-refractivity contribution is 5.70. The van der Waals surface area contributed by atoms with Gasteiger partial charge in [-0.15, -0.1) is 0 Å². The van der Waals surface area contributed by atoms with Crippen molar-refractivity contribution in [1.29, 1.82) is 0 Å². The fourth-order valence-corrected chi connectivity index (χ4v) is 2.99. The maximum absolute atomic E-state index is 4.82. The summed E-state index contributed by atoms with van der Waals surface area (Å²) in [6.07, 6.45) is 5.10. The second kappa shape index (κ2) is 7.66. The molecule has 4 rings (SSSR count). The Labute approximate surface area is 154 Å². The molecule has 0 spiro atoms. The maximum Gasteiger partial charge on any atom is 0.0933 e. The molecule has 3 aromatic carbocycles. The van der Waals surface area contributed by atoms with Crippen LogP contribution in [0.3, 0.4) is 0 Å². The molecule has 2 nitrogen and oxygen atoms in total. The third-order valence-electron chi connectivity index (χ3n) is 4.32. The monoisotopic (exact) mass is 336 g/mol. The van der Waals surface area contributed by atoms with Crippen molar-refractivity contribution in [1.82, 2.24) is 9.78 Å². The zero-order valence-electron chi connectivity index (χ0n) is 14.5. The zero-order valence-corrected chi connectivity index (χ0v) is 14.5. The lowest BCUT2D eigenvalue weighted by Crippen LogP contribution is -1.93. The maximum atomic E-state index is 4.82. The summed E-state index contributed by atoms with van der Waals surface area (Å²) in [5.41, 5.74) is 5.65. The predicted molar refractivity (Wildman–Crippen MR) is 109 cm³/mol. The van der Waals surface area contributed by atoms with Crippen LogP contribution < -0.4 is 0 Å². The van der Waals surface area contributed by atoms with E-state index in [2.05, 4.69) is 79.0 Å². The van der Waals surface area contributed by atoms with Gasteiger partial charge in [-0.2, -0.15) is 5.10 Å². The van der Waals surface area contributed by atoms with Crippen molar-refractivity contribution in [2.24, 2.45) is 0 Å². The number of hydrogen-bond acceptors (Lipinski definition) is 1. The normalized spacial score (nSPS) is 11.1. The van der Waals surface area contributed by atoms with Gasteiger partial charge >= 0.3 is 0 Å². The highest BCUT2D eigenvalue weighted by Crippen LogP contribution is 2.26. The average molecular weight is 336 g/mol. The predicted octanol–water partition coefficient (Wildman–Crippen LogP) is 5.93. The van der Waals surface area contributed by atoms with Gasteiger partial charge in [0.2, 0.25) is 0 Å². The third kappa shape index (κ3) is 3.65. The van der Waals surface area contributed by atoms with Gasteiger partial charge in [0.1, 0.15) is 0 Å². The topological polar surface area (TPSA) is 17.8 Å². The molecule has 0 amide bonds. The molecule has 0 atom stereocenters. The van der Waals surface area contributed by atoms with Gasteiger partial charge in [0.25, 0.3) is 0 Å². The van der Waals surface area contributed by atoms with E-state index in [9.17, 15) is 0 Å². The Morgan fingerprint density at radius 2 is 1.27 bits per heavy atom. The molecule has 1 aromatic heterocycles. The molecule has 126 valence electrons. The van der Waals surface area contributed by atoms with Crippen molar-refractivity contribution in [3.8, 4) is 22.5 Å². The Bertz CT molecular complexity index is 984. The Balaban J connectivity index is 1.69. The van der Waals surface area contributed by atoms with E-state index in [1.54, 1.807) is 0 Å². The number of rotatable bonds is 5. The molecule has 0 aliphatic carbocycles. The van der Waals surface area contributed by atoms with Crippen LogP contribution in [0.4, 0.5) is 0 Å². The molecule has 0 radical (unpaired) electrons. The fraction of sp³-hybridized carbons (Fsp3) is 0.0417. The second-order valence-corrected chi connectivity index (χ2v) is 6.17. The second-order valence-electron chi connectivity index (χ2n) is 6.17. The molecule has 0 saturated heterocycles. The van der Waals surface area contributed by atoms with Gasteiger partial charge in [-0.25, -0.2) is 4.68 Å². The van der Waals surface area contributed by atoms with Crippen molar-refractivity contribution in [2.45, 2.75) is 6.42 Å². The highest BCUT2D eigenvalue weighted by atomic mass is 15.3. The van der Waals surface area contributed by atoms with Crippen molar-refractivity contribution in [3.05, 3.63) is 109 Å². The average Bonchev–Trinajstić information content (AvgIpc) is 3.14. The Kier molecular flexibility index (Phi) is 4.74. The van der Waals surface area contributed by atoms with Gasteiger partial charge in [-0.1, -0.05) is 97.1 Å². The minimum Gasteiger partial charge on any atom is -0.240 e. The van der Waals surface area contributed by atoms with Crippen LogP contribution in [0.5, 0.6) is 0 Å². The lowest BCUT2D eigenvalue weighted by atomic mass is 10.1. The van der Waals surface area contributed by atoms with Crippen molar-refractivity contribution in [2.75, 3.05) is 0 Å². The highest BCUT2D eigenvalue weighted by Gasteiger charge is 2.09. The lowest BCUT2D eigenvalue weighted by molar-refractivity contribution is 0.942. The molecular formula is C24H20N2. The zero-order chi connectivity index (χ0) is 17.6. The first-order valence-electron chi connectivity index (χ1n) is 8.81. The summed E-state index contributed by atoms with van der Waals surface area (Å²) >= 11 is 0. The smallest absolute Gasteiger partial charge is 0.0933 e. The van der Waals surface area contributed by atoms with Gasteiger partial charge in [-0.3, -0.25) is 0 Å². The number of allylic oxidation sites excluding steroid dienone is 1. The Hall–Kier alpha value is -3.39. The third-order valence-corrected chi connectivity index (χ3v) is 4.32. The molecule has 0 N–H and O–H groups in total. The minimum absolute atomic E-state index is 0.885. The Morgan fingerprint density at radius 1 is 0.692 bits per heavy atom. The van der Waals surface area contributed by atoms with E-state index >= 15 is 0 Å². The molecule has 0 unspecified atom stereocenters. The van der Waals surface area contributed by atoms with E-state index in [0.29, 0.717) is 0 Å². The van der Waals surface area contributed by atoms with Gasteiger partial charge < -0.3 is 0 Å². The van der Waals surface area contributed by atoms with Crippen molar-refractivity contribution >= 4 is 6.20 Å². The van der Waals surface area contributed by atoms with Gasteiger partial charge in [0.15, 0.2) is 0 Å². The number of benzene rings is 3. The molecule has 0 aliphatic rings. The molecule has 0 aliphatic heterocycles. The van der Waals surface area contributed by atoms with Crippen LogP contribution in [0.15, 0.2) is 103 Å². The first-order chi connectivity index (χ1) is 12.9. The van der Waals surface area contributed by atoms with Crippen molar-refractivity contribution in [3.63, 3.8) is 0 Å². The summed E-state index contributed by atoms with van der Waals surface area (Å²) < 4.78 is 1.97. The molecule has 4 aromatic rings. The standard InChI is InChI=1S/C24H20N2/c1-4-11-20(12-5-1)13-10-18-26-24(22-16-8-3-9-17-22)19-23(25-26)21-14-6-2-7-15-21/h1-12,14-19H,13H2/b18-10-. The van der Waals surface area contributed by atoms with Gasteiger partial charge in [0.05, 0.1) is 11.4 Å². The van der Waals surface area contributed by atoms with E-state index in [1.807, 2.05) is 35.0 Å². The molecule has 0 bridgehead atoms. The fourth-order valence-electron chi connectivity index (χ4n) is 2.99. The van der Waals surface area contributed by atoms with Crippen LogP contribution in [0.2, 0.25) is 0 Å². The van der Waals surface area contributed by atoms with E-state index in [4.69, 9.17) is 5.10 Å². The van der Waals surface area contributed by atoms with Crippen LogP contribution >= 0.6 is 0 Å². The van der Waals surface area contributed by atoms with E-state index in [-0.39, 0.29) is 0 Å². The molecule has 26 heavy (non-hydrogen) atoms. The Morgan fingerprint density at radius 3 is 1.92 bits per heavy atom. The molecule has 0 saturated carbocycles. The first-order valence-corrected chi connectivity index (χ1v) is 8.81. The van der Waals surface area contributed by atoms with Gasteiger partial charge in [0, 0.05) is 17.3 Å². The summed E-state index contributed by atoms with van der Waals surface area (Å²) in [6, 6.07) is 33.3.